The van der Waals surface area contributed by atoms with Gasteiger partial charge in [0.1, 0.15) is 0 Å². The van der Waals surface area contributed by atoms with Crippen molar-refractivity contribution in [3.63, 3.8) is 0 Å². The van der Waals surface area contributed by atoms with Crippen LogP contribution in [0.25, 0.3) is 0 Å². The van der Waals surface area contributed by atoms with Gasteiger partial charge in [-0.15, -0.1) is 0 Å². The van der Waals surface area contributed by atoms with Crippen molar-refractivity contribution in [1.29, 1.82) is 0 Å². The fraction of sp³-hybridized carbons (Fsp3) is 0.333. The van der Waals surface area contributed by atoms with Gasteiger partial charge in [-0.05, 0) is 22.6 Å². The van der Waals surface area contributed by atoms with Crippen LogP contribution < -0.4 is 0 Å². The van der Waals surface area contributed by atoms with Crippen molar-refractivity contribution in [2.45, 2.75) is 6.18 Å². The maximum atomic E-state index is 11.6. The Morgan fingerprint density at radius 1 is 1.33 bits per heavy atom. The minimum atomic E-state index is -4.76. The van der Waals surface area contributed by atoms with Gasteiger partial charge < -0.3 is 0 Å². The zero-order valence-corrected chi connectivity index (χ0v) is 6.68. The highest BCUT2D eigenvalue weighted by Crippen LogP contribution is 2.33. The highest BCUT2D eigenvalue weighted by molar-refractivity contribution is 14.1. The molecule has 0 spiro atoms. The van der Waals surface area contributed by atoms with Crippen LogP contribution in [0.4, 0.5) is 17.6 Å². The zero-order chi connectivity index (χ0) is 7.65. The number of hydrogen-bond donors (Lipinski definition) is 0. The summed E-state index contributed by atoms with van der Waals surface area (Å²) in [6.07, 6.45) is -4.76. The van der Waals surface area contributed by atoms with E-state index in [0.717, 1.165) is 22.6 Å². The van der Waals surface area contributed by atoms with E-state index in [0.29, 0.717) is 0 Å². The van der Waals surface area contributed by atoms with Crippen molar-refractivity contribution < 1.29 is 17.6 Å². The van der Waals surface area contributed by atoms with Crippen molar-refractivity contribution >= 4 is 34.2 Å². The molecule has 0 bridgehead atoms. The summed E-state index contributed by atoms with van der Waals surface area (Å²) in [5.41, 5.74) is 0. The number of halogens is 6. The summed E-state index contributed by atoms with van der Waals surface area (Å²) in [7, 11) is 0. The van der Waals surface area contributed by atoms with Crippen LogP contribution in [0.3, 0.4) is 0 Å². The van der Waals surface area contributed by atoms with E-state index in [1.54, 1.807) is 0 Å². The predicted molar refractivity (Wildman–Crippen MR) is 34.1 cm³/mol. The lowest BCUT2D eigenvalue weighted by Gasteiger charge is -2.01. The quantitative estimate of drug-likeness (QED) is 0.469. The summed E-state index contributed by atoms with van der Waals surface area (Å²) in [5.74, 6) is 0. The van der Waals surface area contributed by atoms with Crippen molar-refractivity contribution in [1.82, 2.24) is 0 Å². The molecular weight excluding hydrogens is 274 g/mol. The highest BCUT2D eigenvalue weighted by atomic mass is 127. The molecule has 0 aromatic carbocycles. The van der Waals surface area contributed by atoms with Gasteiger partial charge in [0, 0.05) is 0 Å². The zero-order valence-electron chi connectivity index (χ0n) is 3.77. The third kappa shape index (κ3) is 3.24. The van der Waals surface area contributed by atoms with E-state index in [4.69, 9.17) is 0 Å². The topological polar surface area (TPSA) is 0 Å². The predicted octanol–water partition coefficient (Wildman–Crippen LogP) is 3.36. The Morgan fingerprint density at radius 3 is 1.67 bits per heavy atom. The van der Waals surface area contributed by atoms with Gasteiger partial charge in [0.2, 0.25) is 0 Å². The van der Waals surface area contributed by atoms with E-state index < -0.39 is 15.0 Å². The Bertz CT molecular complexity index is 133. The third-order valence-electron chi connectivity index (χ3n) is 0.415. The fourth-order valence-corrected chi connectivity index (χ4v) is 0.413. The molecule has 0 saturated carbocycles. The average Bonchev–Trinajstić information content (AvgIpc) is 1.62. The van der Waals surface area contributed by atoms with Crippen LogP contribution in [0, 0.1) is 0 Å². The number of rotatable bonds is 0. The van der Waals surface area contributed by atoms with Gasteiger partial charge in [0.05, 0.1) is 0 Å². The second-order valence-electron chi connectivity index (χ2n) is 1.07. The average molecular weight is 274 g/mol. The van der Waals surface area contributed by atoms with Crippen LogP contribution in [0.5, 0.6) is 0 Å². The first-order valence-corrected chi connectivity index (χ1v) is 3.09. The van der Waals surface area contributed by atoms with Crippen LogP contribution in [0.2, 0.25) is 0 Å². The van der Waals surface area contributed by atoms with E-state index in [9.17, 15) is 17.6 Å². The lowest BCUT2D eigenvalue weighted by molar-refractivity contribution is -0.0854. The molecule has 0 aliphatic heterocycles. The summed E-state index contributed by atoms with van der Waals surface area (Å²) in [6.45, 7) is 0. The molecule has 0 aromatic rings. The first kappa shape index (κ1) is 9.48. The molecule has 0 aromatic heterocycles. The van der Waals surface area contributed by atoms with Gasteiger partial charge in [0.25, 0.3) is 0 Å². The summed E-state index contributed by atoms with van der Waals surface area (Å²) >= 11 is 5.32. The number of alkyl halides is 3. The van der Waals surface area contributed by atoms with Gasteiger partial charge in [0.15, 0.2) is 8.87 Å². The summed E-state index contributed by atoms with van der Waals surface area (Å²) in [6, 6.07) is 0. The Hall–Kier alpha value is 0.480. The van der Waals surface area contributed by atoms with E-state index in [2.05, 4.69) is 11.6 Å². The third-order valence-corrected chi connectivity index (χ3v) is 1.65. The second-order valence-corrected chi connectivity index (χ2v) is 2.40. The molecular formula is C3ClF4I. The summed E-state index contributed by atoms with van der Waals surface area (Å²) < 4.78 is 44.0. The van der Waals surface area contributed by atoms with Crippen LogP contribution in [0.15, 0.2) is 8.87 Å². The summed E-state index contributed by atoms with van der Waals surface area (Å²) in [5, 5.41) is -1.71. The van der Waals surface area contributed by atoms with E-state index in [1.807, 2.05) is 0 Å². The molecule has 0 fully saturated rings. The van der Waals surface area contributed by atoms with Crippen LogP contribution in [-0.4, -0.2) is 6.18 Å². The lowest BCUT2D eigenvalue weighted by Crippen LogP contribution is -2.07. The van der Waals surface area contributed by atoms with Gasteiger partial charge in [-0.25, -0.2) is 0 Å². The molecule has 6 heteroatoms. The van der Waals surface area contributed by atoms with Crippen LogP contribution >= 0.6 is 34.2 Å². The molecule has 0 heterocycles. The monoisotopic (exact) mass is 274 g/mol. The smallest absolute Gasteiger partial charge is 0.198 e. The van der Waals surface area contributed by atoms with Crippen molar-refractivity contribution in [3.05, 3.63) is 8.87 Å². The minimum absolute atomic E-state index is 0.855. The molecule has 0 radical (unpaired) electrons. The standard InChI is InChI=1S/C3ClF4I/c4-1(2(5)9)3(6,7)8/b2-1-. The first-order valence-electron chi connectivity index (χ1n) is 1.63. The van der Waals surface area contributed by atoms with Crippen molar-refractivity contribution in [3.8, 4) is 0 Å². The highest BCUT2D eigenvalue weighted by Gasteiger charge is 2.35. The Morgan fingerprint density at radius 2 is 1.67 bits per heavy atom. The van der Waals surface area contributed by atoms with Gasteiger partial charge in [-0.2, -0.15) is 17.6 Å². The number of allylic oxidation sites excluding steroid dienone is 1. The second kappa shape index (κ2) is 3.05. The molecule has 0 saturated heterocycles. The largest absolute Gasteiger partial charge is 0.430 e. The molecule has 0 nitrogen and oxygen atoms in total. The van der Waals surface area contributed by atoms with E-state index >= 15 is 0 Å². The van der Waals surface area contributed by atoms with Crippen molar-refractivity contribution in [2.24, 2.45) is 0 Å². The maximum Gasteiger partial charge on any atom is 0.430 e. The number of hydrogen-bond acceptors (Lipinski definition) is 0. The summed E-state index contributed by atoms with van der Waals surface area (Å²) in [4.78, 5) is 0. The van der Waals surface area contributed by atoms with E-state index in [-0.39, 0.29) is 0 Å². The molecule has 54 valence electrons. The molecule has 0 rings (SSSR count). The Balaban J connectivity index is 4.40. The van der Waals surface area contributed by atoms with Crippen LogP contribution in [-0.2, 0) is 0 Å². The molecule has 0 aliphatic rings. The maximum absolute atomic E-state index is 11.6. The van der Waals surface area contributed by atoms with Gasteiger partial charge >= 0.3 is 6.18 Å². The molecule has 9 heavy (non-hydrogen) atoms. The molecule has 0 amide bonds. The minimum Gasteiger partial charge on any atom is -0.198 e. The van der Waals surface area contributed by atoms with Crippen molar-refractivity contribution in [2.75, 3.05) is 0 Å². The van der Waals surface area contributed by atoms with E-state index in [1.165, 1.54) is 0 Å². The Labute approximate surface area is 67.0 Å². The van der Waals surface area contributed by atoms with Gasteiger partial charge in [-0.1, -0.05) is 11.6 Å². The molecule has 0 atom stereocenters. The first-order chi connectivity index (χ1) is 3.85. The normalized spacial score (nSPS) is 15.3. The fourth-order valence-electron chi connectivity index (χ4n) is 0.107. The molecule has 0 aliphatic carbocycles. The SMILES string of the molecule is F/C(I)=C(/Cl)C(F)(F)F. The Kier molecular flexibility index (Phi) is 3.21. The van der Waals surface area contributed by atoms with Gasteiger partial charge in [-0.3, -0.25) is 0 Å². The van der Waals surface area contributed by atoms with Crippen LogP contribution in [0.1, 0.15) is 0 Å². The lowest BCUT2D eigenvalue weighted by atomic mass is 10.6. The molecule has 0 unspecified atom stereocenters. The molecule has 0 N–H and O–H groups in total.